The summed E-state index contributed by atoms with van der Waals surface area (Å²) >= 11 is 0. The van der Waals surface area contributed by atoms with E-state index in [0.29, 0.717) is 64.2 Å². The molecule has 4 heterocycles. The van der Waals surface area contributed by atoms with Gasteiger partial charge in [-0.1, -0.05) is 36.4 Å². The van der Waals surface area contributed by atoms with Gasteiger partial charge in [0, 0.05) is 42.7 Å². The van der Waals surface area contributed by atoms with Crippen LogP contribution in [0.15, 0.2) is 96.0 Å². The Kier molecular flexibility index (Phi) is 10.6. The molecule has 0 bridgehead atoms. The maximum Gasteiger partial charge on any atom is 0.261 e. The first-order valence-electron chi connectivity index (χ1n) is 19.9. The molecule has 4 aliphatic heterocycles. The second kappa shape index (κ2) is 16.4. The molecule has 9 rings (SSSR count). The van der Waals surface area contributed by atoms with Crippen LogP contribution in [-0.2, 0) is 35.6 Å². The first-order chi connectivity index (χ1) is 29.3. The number of carbonyl (C=O) groups excluding carboxylic acids is 3. The number of hydrogen-bond acceptors (Lipinski definition) is 11. The number of nitrogens with one attached hydrogen (secondary N) is 1. The molecule has 0 radical (unpaired) electrons. The summed E-state index contributed by atoms with van der Waals surface area (Å²) in [7, 11) is 3.09. The normalized spacial score (nSPS) is 16.9. The predicted molar refractivity (Wildman–Crippen MR) is 226 cm³/mol. The molecule has 60 heavy (non-hydrogen) atoms. The Balaban J connectivity index is 0.951. The molecule has 306 valence electrons. The number of benzene rings is 5. The zero-order chi connectivity index (χ0) is 41.3. The minimum Gasteiger partial charge on any atom is -0.493 e. The largest absolute Gasteiger partial charge is 0.493 e. The van der Waals surface area contributed by atoms with Crippen molar-refractivity contribution >= 4 is 46.6 Å². The lowest BCUT2D eigenvalue weighted by Gasteiger charge is -2.22. The molecule has 13 heteroatoms. The van der Waals surface area contributed by atoms with Gasteiger partial charge < -0.3 is 38.6 Å². The van der Waals surface area contributed by atoms with E-state index in [1.807, 2.05) is 77.8 Å². The van der Waals surface area contributed by atoms with Crippen molar-refractivity contribution < 1.29 is 42.8 Å². The molecule has 5 aromatic carbocycles. The number of nitrogens with zero attached hydrogens (tertiary/aromatic N) is 3. The van der Waals surface area contributed by atoms with E-state index in [4.69, 9.17) is 33.4 Å². The van der Waals surface area contributed by atoms with Gasteiger partial charge in [-0.05, 0) is 78.1 Å². The molecule has 0 aromatic heterocycles. The molecule has 5 aromatic rings. The summed E-state index contributed by atoms with van der Waals surface area (Å²) in [6, 6.07) is 28.4. The maximum atomic E-state index is 14.0. The lowest BCUT2D eigenvalue weighted by molar-refractivity contribution is -0.121. The smallest absolute Gasteiger partial charge is 0.261 e. The van der Waals surface area contributed by atoms with Crippen LogP contribution >= 0.6 is 0 Å². The Morgan fingerprint density at radius 2 is 1.35 bits per heavy atom. The molecule has 2 amide bonds. The van der Waals surface area contributed by atoms with Crippen LogP contribution in [0, 0.1) is 0 Å². The number of amides is 2. The van der Waals surface area contributed by atoms with E-state index in [2.05, 4.69) is 11.4 Å². The molecule has 2 atom stereocenters. The molecule has 0 unspecified atom stereocenters. The van der Waals surface area contributed by atoms with Crippen LogP contribution in [0.2, 0.25) is 0 Å². The number of fused-ring (bicyclic) bond motifs is 8. The molecule has 13 nitrogen and oxygen atoms in total. The number of carbonyl (C=O) groups is 3. The molecule has 0 aliphatic carbocycles. The molecule has 0 spiro atoms. The topological polar surface area (TPSA) is 137 Å². The third kappa shape index (κ3) is 7.48. The summed E-state index contributed by atoms with van der Waals surface area (Å²) in [6.45, 7) is 2.76. The van der Waals surface area contributed by atoms with Gasteiger partial charge in [0.2, 0.25) is 0 Å². The Morgan fingerprint density at radius 3 is 2.05 bits per heavy atom. The van der Waals surface area contributed by atoms with Crippen molar-refractivity contribution in [3.63, 3.8) is 0 Å². The first kappa shape index (κ1) is 38.6. The van der Waals surface area contributed by atoms with Crippen LogP contribution in [0.25, 0.3) is 0 Å². The van der Waals surface area contributed by atoms with E-state index >= 15 is 0 Å². The predicted octanol–water partition coefficient (Wildman–Crippen LogP) is 7.13. The van der Waals surface area contributed by atoms with Crippen LogP contribution in [0.1, 0.15) is 49.9 Å². The highest BCUT2D eigenvalue weighted by molar-refractivity contribution is 6.15. The Bertz CT molecular complexity index is 2540. The highest BCUT2D eigenvalue weighted by Crippen LogP contribution is 2.43. The van der Waals surface area contributed by atoms with E-state index in [9.17, 15) is 14.4 Å². The zero-order valence-electron chi connectivity index (χ0n) is 33.6. The van der Waals surface area contributed by atoms with E-state index in [1.54, 1.807) is 30.2 Å². The number of methoxy groups -OCH3 is 2. The van der Waals surface area contributed by atoms with E-state index < -0.39 is 0 Å². The number of aliphatic imine (C=N–C) groups is 1. The van der Waals surface area contributed by atoms with Gasteiger partial charge in [0.25, 0.3) is 11.8 Å². The summed E-state index contributed by atoms with van der Waals surface area (Å²) in [4.78, 5) is 47.7. The Labute approximate surface area is 347 Å². The fourth-order valence-corrected chi connectivity index (χ4v) is 8.34. The second-order valence-corrected chi connectivity index (χ2v) is 15.1. The molecule has 0 saturated carbocycles. The van der Waals surface area contributed by atoms with Crippen LogP contribution < -0.4 is 38.8 Å². The number of para-hydroxylation sites is 2. The van der Waals surface area contributed by atoms with Crippen LogP contribution in [0.4, 0.5) is 22.7 Å². The van der Waals surface area contributed by atoms with Crippen LogP contribution in [0.3, 0.4) is 0 Å². The standard InChI is InChI=1S/C47H44N4O9/c1-28(52)25-57-12-13-58-35-15-29(26-59-44-21-38-36(19-42(44)55-2)46(53)50-33(23-48-38)17-31-8-4-6-10-40(31)50)14-30(16-35)27-60-45-22-39-37(20-43(45)56-3)47(54)51-34(24-49-39)18-32-9-5-7-11-41(32)51/h4-11,14-16,19-23,33-34,49H,12-13,17-18,24-27H2,1-3H3/t33-,34-/m0/s1. The van der Waals surface area contributed by atoms with Crippen molar-refractivity contribution in [1.82, 2.24) is 0 Å². The quantitative estimate of drug-likeness (QED) is 0.115. The Hall–Kier alpha value is -6.86. The lowest BCUT2D eigenvalue weighted by atomic mass is 10.1. The minimum atomic E-state index is -0.186. The molecule has 0 saturated heterocycles. The number of ketones is 1. The van der Waals surface area contributed by atoms with Gasteiger partial charge in [0.05, 0.1) is 55.4 Å². The third-order valence-corrected chi connectivity index (χ3v) is 11.1. The van der Waals surface area contributed by atoms with Gasteiger partial charge in [-0.25, -0.2) is 0 Å². The number of anilines is 3. The van der Waals surface area contributed by atoms with Crippen molar-refractivity contribution in [2.75, 3.05) is 55.7 Å². The number of Topliss-reactive ketones (excluding diaryl/α,β-unsaturated/α-hetero) is 1. The molecular formula is C47H44N4O9. The average Bonchev–Trinajstić information content (AvgIpc) is 3.75. The van der Waals surface area contributed by atoms with Gasteiger partial charge >= 0.3 is 0 Å². The highest BCUT2D eigenvalue weighted by atomic mass is 16.5. The van der Waals surface area contributed by atoms with Crippen molar-refractivity contribution in [3.05, 3.63) is 124 Å². The molecule has 1 N–H and O–H groups in total. The number of rotatable bonds is 14. The SMILES string of the molecule is COc1cc2c(cc1OCc1cc(COc3cc4c(cc3OC)C(=O)N3c5ccccc5C[C@H]3CN4)cc(OCCOCC(C)=O)c1)N=C[C@@H]1Cc3ccccc3N1C2=O. The van der Waals surface area contributed by atoms with E-state index in [0.717, 1.165) is 40.0 Å². The Morgan fingerprint density at radius 1 is 0.717 bits per heavy atom. The lowest BCUT2D eigenvalue weighted by Crippen LogP contribution is -2.39. The summed E-state index contributed by atoms with van der Waals surface area (Å²) in [5, 5.41) is 3.48. The van der Waals surface area contributed by atoms with Crippen molar-refractivity contribution in [3.8, 4) is 28.7 Å². The summed E-state index contributed by atoms with van der Waals surface area (Å²) in [5.74, 6) is 1.95. The molecule has 0 fully saturated rings. The fraction of sp³-hybridized carbons (Fsp3) is 0.277. The van der Waals surface area contributed by atoms with E-state index in [1.165, 1.54) is 14.0 Å². The maximum absolute atomic E-state index is 14.0. The minimum absolute atomic E-state index is 0.00855. The molecular weight excluding hydrogens is 765 g/mol. The van der Waals surface area contributed by atoms with Gasteiger partial charge in [0.1, 0.15) is 32.2 Å². The second-order valence-electron chi connectivity index (χ2n) is 15.1. The van der Waals surface area contributed by atoms with Gasteiger partial charge in [-0.2, -0.15) is 0 Å². The number of hydrogen-bond donors (Lipinski definition) is 1. The van der Waals surface area contributed by atoms with Crippen molar-refractivity contribution in [2.24, 2.45) is 4.99 Å². The monoisotopic (exact) mass is 808 g/mol. The average molecular weight is 809 g/mol. The fourth-order valence-electron chi connectivity index (χ4n) is 8.34. The summed E-state index contributed by atoms with van der Waals surface area (Å²) < 4.78 is 35.8. The summed E-state index contributed by atoms with van der Waals surface area (Å²) in [6.07, 6.45) is 3.29. The highest BCUT2D eigenvalue weighted by Gasteiger charge is 2.38. The van der Waals surface area contributed by atoms with Crippen molar-refractivity contribution in [1.29, 1.82) is 0 Å². The van der Waals surface area contributed by atoms with E-state index in [-0.39, 0.29) is 62.7 Å². The van der Waals surface area contributed by atoms with Gasteiger partial charge in [-0.15, -0.1) is 0 Å². The first-order valence-corrected chi connectivity index (χ1v) is 19.9. The number of ether oxygens (including phenoxy) is 6. The van der Waals surface area contributed by atoms with Gasteiger partial charge in [0.15, 0.2) is 28.8 Å². The van der Waals surface area contributed by atoms with Crippen LogP contribution in [-0.4, -0.2) is 76.5 Å². The molecule has 4 aliphatic rings. The van der Waals surface area contributed by atoms with Crippen LogP contribution in [0.5, 0.6) is 28.7 Å². The third-order valence-electron chi connectivity index (χ3n) is 11.1. The van der Waals surface area contributed by atoms with Crippen molar-refractivity contribution in [2.45, 2.75) is 45.1 Å². The zero-order valence-corrected chi connectivity index (χ0v) is 33.6. The van der Waals surface area contributed by atoms with Gasteiger partial charge in [-0.3, -0.25) is 24.3 Å². The summed E-state index contributed by atoms with van der Waals surface area (Å²) in [5.41, 5.74) is 7.73.